The fourth-order valence-electron chi connectivity index (χ4n) is 0.892. The molecule has 0 rings (SSSR count). The Hall–Kier alpha value is -0.790. The molecule has 0 aliphatic carbocycles. The molecule has 0 bridgehead atoms. The second-order valence-electron chi connectivity index (χ2n) is 2.50. The van der Waals surface area contributed by atoms with Crippen molar-refractivity contribution in [1.29, 1.82) is 5.26 Å². The van der Waals surface area contributed by atoms with Crippen LogP contribution in [0.15, 0.2) is 0 Å². The van der Waals surface area contributed by atoms with Gasteiger partial charge in [0.2, 0.25) is 5.91 Å². The molecular formula is C8H13ClN2O2. The minimum atomic E-state index is -0.189. The zero-order valence-electron chi connectivity index (χ0n) is 7.37. The maximum Gasteiger partial charge on any atom is 0.237 e. The summed E-state index contributed by atoms with van der Waals surface area (Å²) in [6.07, 6.45) is 0.822. The Balaban J connectivity index is 3.88. The summed E-state index contributed by atoms with van der Waals surface area (Å²) < 4.78 is 0. The van der Waals surface area contributed by atoms with Crippen molar-refractivity contribution in [1.82, 2.24) is 4.90 Å². The van der Waals surface area contributed by atoms with E-state index >= 15 is 0 Å². The van der Waals surface area contributed by atoms with Gasteiger partial charge in [0.25, 0.3) is 0 Å². The molecule has 5 heteroatoms. The van der Waals surface area contributed by atoms with Gasteiger partial charge in [0.05, 0.1) is 12.5 Å². The molecule has 4 nitrogen and oxygen atoms in total. The molecule has 0 spiro atoms. The number of hydrogen-bond acceptors (Lipinski definition) is 3. The Bertz CT molecular complexity index is 191. The monoisotopic (exact) mass is 204 g/mol. The number of rotatable bonds is 6. The number of amides is 1. The molecular weight excluding hydrogens is 192 g/mol. The highest BCUT2D eigenvalue weighted by Gasteiger charge is 2.10. The van der Waals surface area contributed by atoms with E-state index in [0.29, 0.717) is 25.9 Å². The minimum absolute atomic E-state index is 0.0403. The molecule has 0 aliphatic rings. The summed E-state index contributed by atoms with van der Waals surface area (Å²) in [5.41, 5.74) is 0. The maximum absolute atomic E-state index is 11.1. The van der Waals surface area contributed by atoms with Gasteiger partial charge in [-0.05, 0) is 6.42 Å². The third-order valence-electron chi connectivity index (χ3n) is 1.55. The van der Waals surface area contributed by atoms with Gasteiger partial charge in [-0.3, -0.25) is 4.79 Å². The molecule has 1 amide bonds. The Morgan fingerprint density at radius 3 is 2.69 bits per heavy atom. The van der Waals surface area contributed by atoms with Crippen LogP contribution in [0.5, 0.6) is 0 Å². The van der Waals surface area contributed by atoms with E-state index in [1.165, 1.54) is 4.90 Å². The first-order chi connectivity index (χ1) is 6.26. The first-order valence-electron chi connectivity index (χ1n) is 4.07. The molecule has 0 aliphatic heterocycles. The molecule has 0 atom stereocenters. The van der Waals surface area contributed by atoms with Gasteiger partial charge < -0.3 is 10.0 Å². The minimum Gasteiger partial charge on any atom is -0.396 e. The molecule has 0 aromatic rings. The van der Waals surface area contributed by atoms with Crippen molar-refractivity contribution in [3.8, 4) is 6.07 Å². The second-order valence-corrected chi connectivity index (χ2v) is 2.77. The number of carbonyl (C=O) groups excluding carboxylic acids is 1. The van der Waals surface area contributed by atoms with Crippen molar-refractivity contribution >= 4 is 17.5 Å². The van der Waals surface area contributed by atoms with Crippen molar-refractivity contribution < 1.29 is 9.90 Å². The summed E-state index contributed by atoms with van der Waals surface area (Å²) in [4.78, 5) is 12.6. The fraction of sp³-hybridized carbons (Fsp3) is 0.750. The molecule has 0 saturated carbocycles. The molecule has 74 valence electrons. The van der Waals surface area contributed by atoms with E-state index in [1.54, 1.807) is 0 Å². The highest BCUT2D eigenvalue weighted by atomic mass is 35.5. The van der Waals surface area contributed by atoms with E-state index in [1.807, 2.05) is 6.07 Å². The van der Waals surface area contributed by atoms with Crippen molar-refractivity contribution in [2.24, 2.45) is 0 Å². The summed E-state index contributed by atoms with van der Waals surface area (Å²) in [6.45, 7) is 0.893. The molecule has 0 radical (unpaired) electrons. The highest BCUT2D eigenvalue weighted by Crippen LogP contribution is 1.96. The van der Waals surface area contributed by atoms with Crippen LogP contribution >= 0.6 is 11.6 Å². The van der Waals surface area contributed by atoms with E-state index in [4.69, 9.17) is 22.0 Å². The number of aliphatic hydroxyl groups excluding tert-OH is 1. The Labute approximate surface area is 82.7 Å². The van der Waals surface area contributed by atoms with Crippen LogP contribution in [0.4, 0.5) is 0 Å². The van der Waals surface area contributed by atoms with E-state index in [2.05, 4.69) is 0 Å². The van der Waals surface area contributed by atoms with Crippen LogP contribution in [-0.4, -0.2) is 41.5 Å². The van der Waals surface area contributed by atoms with Gasteiger partial charge in [0.15, 0.2) is 0 Å². The van der Waals surface area contributed by atoms with E-state index in [9.17, 15) is 4.79 Å². The van der Waals surface area contributed by atoms with Crippen LogP contribution in [0.25, 0.3) is 0 Å². The maximum atomic E-state index is 11.1. The fourth-order valence-corrected chi connectivity index (χ4v) is 1.06. The molecule has 0 heterocycles. The third kappa shape index (κ3) is 5.45. The summed E-state index contributed by atoms with van der Waals surface area (Å²) in [7, 11) is 0. The first kappa shape index (κ1) is 12.2. The smallest absolute Gasteiger partial charge is 0.237 e. The number of aliphatic hydroxyl groups is 1. The molecule has 0 aromatic heterocycles. The zero-order chi connectivity index (χ0) is 10.1. The van der Waals surface area contributed by atoms with Crippen molar-refractivity contribution in [3.63, 3.8) is 0 Å². The quantitative estimate of drug-likeness (QED) is 0.635. The van der Waals surface area contributed by atoms with Crippen molar-refractivity contribution in [2.75, 3.05) is 25.6 Å². The summed E-state index contributed by atoms with van der Waals surface area (Å²) >= 11 is 5.37. The number of carbonyl (C=O) groups is 1. The third-order valence-corrected chi connectivity index (χ3v) is 1.78. The highest BCUT2D eigenvalue weighted by molar-refractivity contribution is 6.27. The van der Waals surface area contributed by atoms with Crippen LogP contribution in [0.3, 0.4) is 0 Å². The van der Waals surface area contributed by atoms with Crippen LogP contribution in [0.1, 0.15) is 12.8 Å². The van der Waals surface area contributed by atoms with Gasteiger partial charge in [0.1, 0.15) is 5.88 Å². The van der Waals surface area contributed by atoms with Crippen molar-refractivity contribution in [3.05, 3.63) is 0 Å². The topological polar surface area (TPSA) is 64.3 Å². The lowest BCUT2D eigenvalue weighted by molar-refractivity contribution is -0.128. The molecule has 0 fully saturated rings. The average Bonchev–Trinajstić information content (AvgIpc) is 2.17. The van der Waals surface area contributed by atoms with Gasteiger partial charge in [-0.2, -0.15) is 5.26 Å². The summed E-state index contributed by atoms with van der Waals surface area (Å²) in [6, 6.07) is 1.95. The van der Waals surface area contributed by atoms with Gasteiger partial charge in [-0.25, -0.2) is 0 Å². The van der Waals surface area contributed by atoms with Crippen LogP contribution in [0.2, 0.25) is 0 Å². The second kappa shape index (κ2) is 7.84. The van der Waals surface area contributed by atoms with Gasteiger partial charge in [0, 0.05) is 19.7 Å². The molecule has 13 heavy (non-hydrogen) atoms. The number of alkyl halides is 1. The normalized spacial score (nSPS) is 9.31. The number of hydrogen-bond donors (Lipinski definition) is 1. The summed E-state index contributed by atoms with van der Waals surface area (Å²) in [5.74, 6) is -0.262. The Kier molecular flexibility index (Phi) is 7.36. The summed E-state index contributed by atoms with van der Waals surface area (Å²) in [5, 5.41) is 16.9. The zero-order valence-corrected chi connectivity index (χ0v) is 8.13. The molecule has 0 unspecified atom stereocenters. The lowest BCUT2D eigenvalue weighted by Crippen LogP contribution is -2.34. The average molecular weight is 205 g/mol. The molecule has 0 saturated heterocycles. The van der Waals surface area contributed by atoms with Gasteiger partial charge in [-0.1, -0.05) is 0 Å². The first-order valence-corrected chi connectivity index (χ1v) is 4.61. The largest absolute Gasteiger partial charge is 0.396 e. The molecule has 0 aromatic carbocycles. The van der Waals surface area contributed by atoms with E-state index in [0.717, 1.165) is 0 Å². The number of halogens is 1. The Morgan fingerprint density at radius 1 is 1.54 bits per heavy atom. The van der Waals surface area contributed by atoms with Gasteiger partial charge >= 0.3 is 0 Å². The lowest BCUT2D eigenvalue weighted by Gasteiger charge is -2.19. The van der Waals surface area contributed by atoms with E-state index in [-0.39, 0.29) is 18.4 Å². The predicted octanol–water partition coefficient (Wildman–Crippen LogP) is 0.350. The number of nitrogens with zero attached hydrogens (tertiary/aromatic N) is 2. The lowest BCUT2D eigenvalue weighted by atomic mass is 10.3. The Morgan fingerprint density at radius 2 is 2.23 bits per heavy atom. The predicted molar refractivity (Wildman–Crippen MR) is 49.2 cm³/mol. The van der Waals surface area contributed by atoms with E-state index < -0.39 is 0 Å². The van der Waals surface area contributed by atoms with Crippen LogP contribution in [0, 0.1) is 11.3 Å². The standard InChI is InChI=1S/C8H13ClN2O2/c9-7-8(13)11(4-1-3-10)5-2-6-12/h12H,1-2,4-7H2. The van der Waals surface area contributed by atoms with Gasteiger partial charge in [-0.15, -0.1) is 11.6 Å². The van der Waals surface area contributed by atoms with Crippen LogP contribution in [-0.2, 0) is 4.79 Å². The van der Waals surface area contributed by atoms with Crippen molar-refractivity contribution in [2.45, 2.75) is 12.8 Å². The SMILES string of the molecule is N#CCCN(CCCO)C(=O)CCl. The van der Waals surface area contributed by atoms with Crippen LogP contribution < -0.4 is 0 Å². The molecule has 1 N–H and O–H groups in total. The number of nitriles is 1.